The van der Waals surface area contributed by atoms with Gasteiger partial charge in [-0.2, -0.15) is 8.78 Å². The summed E-state index contributed by atoms with van der Waals surface area (Å²) in [5, 5.41) is 1.56. The largest absolute Gasteiger partial charge is 0.397 e. The standard InChI is InChI=1S/C9H7F4NOS/c10-8(11)9(12,13)7(14)4-5(15)6-2-1-3-16-6/h1-4,8H,14H2. The van der Waals surface area contributed by atoms with Crippen LogP contribution in [0.15, 0.2) is 29.3 Å². The Bertz CT molecular complexity index is 400. The van der Waals surface area contributed by atoms with Crippen molar-refractivity contribution in [1.82, 2.24) is 0 Å². The summed E-state index contributed by atoms with van der Waals surface area (Å²) in [5.74, 6) is -5.29. The quantitative estimate of drug-likeness (QED) is 0.509. The Morgan fingerprint density at radius 1 is 1.50 bits per heavy atom. The first-order valence-corrected chi connectivity index (χ1v) is 4.95. The molecule has 1 rings (SSSR count). The molecular weight excluding hydrogens is 246 g/mol. The SMILES string of the molecule is NC(=CC(=O)c1cccs1)C(F)(F)C(F)F. The molecule has 2 N–H and O–H groups in total. The lowest BCUT2D eigenvalue weighted by molar-refractivity contribution is -0.100. The fourth-order valence-corrected chi connectivity index (χ4v) is 1.49. The summed E-state index contributed by atoms with van der Waals surface area (Å²) >= 11 is 1.01. The summed E-state index contributed by atoms with van der Waals surface area (Å²) in [7, 11) is 0. The van der Waals surface area contributed by atoms with Crippen LogP contribution in [0, 0.1) is 0 Å². The molecule has 16 heavy (non-hydrogen) atoms. The van der Waals surface area contributed by atoms with Crippen molar-refractivity contribution in [2.75, 3.05) is 0 Å². The minimum Gasteiger partial charge on any atom is -0.397 e. The highest BCUT2D eigenvalue weighted by Crippen LogP contribution is 2.28. The summed E-state index contributed by atoms with van der Waals surface area (Å²) in [5.41, 5.74) is 3.34. The number of thiophene rings is 1. The highest BCUT2D eigenvalue weighted by Gasteiger charge is 2.43. The summed E-state index contributed by atoms with van der Waals surface area (Å²) in [4.78, 5) is 11.4. The van der Waals surface area contributed by atoms with Crippen LogP contribution < -0.4 is 5.73 Å². The van der Waals surface area contributed by atoms with Gasteiger partial charge in [0.1, 0.15) is 0 Å². The molecule has 0 aliphatic carbocycles. The van der Waals surface area contributed by atoms with Gasteiger partial charge in [0.15, 0.2) is 5.78 Å². The van der Waals surface area contributed by atoms with Crippen LogP contribution in [-0.2, 0) is 0 Å². The van der Waals surface area contributed by atoms with Crippen molar-refractivity contribution in [3.8, 4) is 0 Å². The molecule has 0 unspecified atom stereocenters. The van der Waals surface area contributed by atoms with Crippen LogP contribution in [-0.4, -0.2) is 18.1 Å². The van der Waals surface area contributed by atoms with E-state index in [1.54, 1.807) is 5.38 Å². The van der Waals surface area contributed by atoms with Gasteiger partial charge in [-0.25, -0.2) is 8.78 Å². The molecule has 1 aromatic heterocycles. The Morgan fingerprint density at radius 2 is 2.12 bits per heavy atom. The Balaban J connectivity index is 2.90. The Morgan fingerprint density at radius 3 is 2.56 bits per heavy atom. The van der Waals surface area contributed by atoms with Gasteiger partial charge in [0.25, 0.3) is 0 Å². The molecule has 0 atom stereocenters. The van der Waals surface area contributed by atoms with Gasteiger partial charge < -0.3 is 5.73 Å². The Labute approximate surface area is 92.4 Å². The van der Waals surface area contributed by atoms with Crippen LogP contribution in [0.4, 0.5) is 17.6 Å². The van der Waals surface area contributed by atoms with E-state index < -0.39 is 23.8 Å². The normalized spacial score (nSPS) is 13.2. The summed E-state index contributed by atoms with van der Waals surface area (Å²) < 4.78 is 49.1. The lowest BCUT2D eigenvalue weighted by atomic mass is 10.2. The first kappa shape index (κ1) is 12.7. The monoisotopic (exact) mass is 253 g/mol. The molecule has 7 heteroatoms. The molecule has 0 spiro atoms. The molecule has 2 nitrogen and oxygen atoms in total. The van der Waals surface area contributed by atoms with Gasteiger partial charge in [0.05, 0.1) is 10.6 Å². The minimum atomic E-state index is -4.48. The van der Waals surface area contributed by atoms with E-state index in [0.29, 0.717) is 6.08 Å². The van der Waals surface area contributed by atoms with E-state index >= 15 is 0 Å². The maximum atomic E-state index is 12.6. The lowest BCUT2D eigenvalue weighted by Crippen LogP contribution is -2.33. The van der Waals surface area contributed by atoms with E-state index in [-0.39, 0.29) is 4.88 Å². The fourth-order valence-electron chi connectivity index (χ4n) is 0.853. The maximum absolute atomic E-state index is 12.6. The van der Waals surface area contributed by atoms with Crippen LogP contribution in [0.2, 0.25) is 0 Å². The van der Waals surface area contributed by atoms with Crippen LogP contribution >= 0.6 is 11.3 Å². The molecule has 0 saturated carbocycles. The second-order valence-corrected chi connectivity index (χ2v) is 3.81. The number of carbonyl (C=O) groups is 1. The number of rotatable bonds is 4. The first-order chi connectivity index (χ1) is 7.35. The van der Waals surface area contributed by atoms with Crippen LogP contribution in [0.25, 0.3) is 0 Å². The van der Waals surface area contributed by atoms with Crippen molar-refractivity contribution in [2.24, 2.45) is 5.73 Å². The summed E-state index contributed by atoms with van der Waals surface area (Å²) in [6.45, 7) is 0. The third-order valence-corrected chi connectivity index (χ3v) is 2.59. The highest BCUT2D eigenvalue weighted by atomic mass is 32.1. The van der Waals surface area contributed by atoms with E-state index in [1.165, 1.54) is 12.1 Å². The molecule has 0 aromatic carbocycles. The van der Waals surface area contributed by atoms with Crippen molar-refractivity contribution in [3.05, 3.63) is 34.2 Å². The van der Waals surface area contributed by atoms with Crippen LogP contribution in [0.3, 0.4) is 0 Å². The predicted molar refractivity (Wildman–Crippen MR) is 51.9 cm³/mol. The molecular formula is C9H7F4NOS. The lowest BCUT2D eigenvalue weighted by Gasteiger charge is -2.14. The topological polar surface area (TPSA) is 43.1 Å². The van der Waals surface area contributed by atoms with Crippen molar-refractivity contribution in [3.63, 3.8) is 0 Å². The van der Waals surface area contributed by atoms with Crippen molar-refractivity contribution in [1.29, 1.82) is 0 Å². The second-order valence-electron chi connectivity index (χ2n) is 2.86. The molecule has 0 amide bonds. The van der Waals surface area contributed by atoms with Crippen molar-refractivity contribution < 1.29 is 22.4 Å². The zero-order valence-electron chi connectivity index (χ0n) is 7.79. The average Bonchev–Trinajstić information content (AvgIpc) is 2.69. The number of hydrogen-bond acceptors (Lipinski definition) is 3. The number of carbonyl (C=O) groups excluding carboxylic acids is 1. The molecule has 0 saturated heterocycles. The molecule has 0 aliphatic heterocycles. The Hall–Kier alpha value is -1.37. The predicted octanol–water partition coefficient (Wildman–Crippen LogP) is 2.67. The summed E-state index contributed by atoms with van der Waals surface area (Å²) in [6.07, 6.45) is -3.60. The number of allylic oxidation sites excluding steroid dienone is 2. The van der Waals surface area contributed by atoms with E-state index in [0.717, 1.165) is 11.3 Å². The summed E-state index contributed by atoms with van der Waals surface area (Å²) in [6, 6.07) is 2.92. The number of halogens is 4. The molecule has 1 heterocycles. The number of ketones is 1. The number of nitrogens with two attached hydrogens (primary N) is 1. The third kappa shape index (κ3) is 2.60. The second kappa shape index (κ2) is 4.65. The fraction of sp³-hybridized carbons (Fsp3) is 0.222. The molecule has 0 fully saturated rings. The first-order valence-electron chi connectivity index (χ1n) is 4.07. The maximum Gasteiger partial charge on any atom is 0.346 e. The van der Waals surface area contributed by atoms with E-state index in [9.17, 15) is 22.4 Å². The third-order valence-electron chi connectivity index (χ3n) is 1.71. The smallest absolute Gasteiger partial charge is 0.346 e. The highest BCUT2D eigenvalue weighted by molar-refractivity contribution is 7.12. The van der Waals surface area contributed by atoms with Gasteiger partial charge in [0.2, 0.25) is 0 Å². The Kier molecular flexibility index (Phi) is 3.69. The van der Waals surface area contributed by atoms with Gasteiger partial charge in [-0.15, -0.1) is 11.3 Å². The van der Waals surface area contributed by atoms with Gasteiger partial charge >= 0.3 is 12.3 Å². The van der Waals surface area contributed by atoms with E-state index in [4.69, 9.17) is 5.73 Å². The van der Waals surface area contributed by atoms with Crippen LogP contribution in [0.5, 0.6) is 0 Å². The number of alkyl halides is 4. The zero-order chi connectivity index (χ0) is 12.3. The van der Waals surface area contributed by atoms with Gasteiger partial charge in [0, 0.05) is 6.08 Å². The van der Waals surface area contributed by atoms with Gasteiger partial charge in [-0.05, 0) is 11.4 Å². The van der Waals surface area contributed by atoms with Crippen molar-refractivity contribution >= 4 is 17.1 Å². The van der Waals surface area contributed by atoms with Crippen molar-refractivity contribution in [2.45, 2.75) is 12.3 Å². The minimum absolute atomic E-state index is 0.160. The number of hydrogen-bond donors (Lipinski definition) is 1. The molecule has 88 valence electrons. The van der Waals surface area contributed by atoms with Gasteiger partial charge in [-0.1, -0.05) is 6.07 Å². The van der Waals surface area contributed by atoms with E-state index in [2.05, 4.69) is 0 Å². The zero-order valence-corrected chi connectivity index (χ0v) is 8.61. The van der Waals surface area contributed by atoms with Gasteiger partial charge in [-0.3, -0.25) is 4.79 Å². The molecule has 0 radical (unpaired) electrons. The van der Waals surface area contributed by atoms with E-state index in [1.807, 2.05) is 0 Å². The average molecular weight is 253 g/mol. The molecule has 0 aliphatic rings. The molecule has 1 aromatic rings. The molecule has 0 bridgehead atoms. The van der Waals surface area contributed by atoms with Crippen LogP contribution in [0.1, 0.15) is 9.67 Å².